The molecule has 2 amide bonds. The number of amides is 2. The molecule has 0 spiro atoms. The molecule has 1 fully saturated rings. The number of carbonyl (C=O) groups excluding carboxylic acids is 4. The zero-order valence-electron chi connectivity index (χ0n) is 22.0. The van der Waals surface area contributed by atoms with Crippen molar-refractivity contribution in [3.8, 4) is 0 Å². The van der Waals surface area contributed by atoms with Crippen molar-refractivity contribution in [2.75, 3.05) is 38.6 Å². The number of Topliss-reactive ketones (excluding diaryl/α,β-unsaturated/α-hetero) is 2. The molecule has 39 heavy (non-hydrogen) atoms. The van der Waals surface area contributed by atoms with E-state index in [9.17, 15) is 27.6 Å². The Morgan fingerprint density at radius 2 is 1.51 bits per heavy atom. The largest absolute Gasteiger partial charge is 0.378 e. The van der Waals surface area contributed by atoms with Crippen molar-refractivity contribution in [2.24, 2.45) is 5.92 Å². The third kappa shape index (κ3) is 10.4. The van der Waals surface area contributed by atoms with Gasteiger partial charge in [0.1, 0.15) is 0 Å². The Morgan fingerprint density at radius 1 is 0.872 bits per heavy atom. The van der Waals surface area contributed by atoms with Crippen LogP contribution in [-0.4, -0.2) is 75.3 Å². The van der Waals surface area contributed by atoms with Crippen LogP contribution in [0.15, 0.2) is 60.7 Å². The highest BCUT2D eigenvalue weighted by Crippen LogP contribution is 2.16. The molecule has 10 heteroatoms. The van der Waals surface area contributed by atoms with Crippen molar-refractivity contribution in [3.05, 3.63) is 71.8 Å². The lowest BCUT2D eigenvalue weighted by Crippen LogP contribution is -2.44. The molecule has 1 atom stereocenters. The number of unbranched alkanes of at least 4 members (excludes halogenated alkanes) is 2. The summed E-state index contributed by atoms with van der Waals surface area (Å²) in [4.78, 5) is 51.8. The minimum absolute atomic E-state index is 0.121. The van der Waals surface area contributed by atoms with E-state index in [1.165, 1.54) is 0 Å². The molecule has 210 valence electrons. The minimum Gasteiger partial charge on any atom is -0.378 e. The first-order chi connectivity index (χ1) is 18.7. The van der Waals surface area contributed by atoms with E-state index in [-0.39, 0.29) is 31.0 Å². The van der Waals surface area contributed by atoms with E-state index in [4.69, 9.17) is 4.74 Å². The van der Waals surface area contributed by atoms with Gasteiger partial charge in [-0.2, -0.15) is 0 Å². The van der Waals surface area contributed by atoms with Gasteiger partial charge in [-0.3, -0.25) is 19.2 Å². The first-order valence-electron chi connectivity index (χ1n) is 13.3. The van der Waals surface area contributed by atoms with E-state index < -0.39 is 39.0 Å². The Morgan fingerprint density at radius 3 is 2.18 bits per heavy atom. The van der Waals surface area contributed by atoms with Crippen molar-refractivity contribution < 1.29 is 32.3 Å². The second-order valence-corrected chi connectivity index (χ2v) is 11.8. The van der Waals surface area contributed by atoms with Crippen LogP contribution in [0.1, 0.15) is 48.0 Å². The molecular formula is C29H36N2O7S. The van der Waals surface area contributed by atoms with Crippen LogP contribution in [0.4, 0.5) is 0 Å². The number of sulfone groups is 1. The summed E-state index contributed by atoms with van der Waals surface area (Å²) < 4.78 is 31.1. The van der Waals surface area contributed by atoms with Crippen LogP contribution in [0.2, 0.25) is 0 Å². The van der Waals surface area contributed by atoms with Crippen molar-refractivity contribution in [1.29, 1.82) is 0 Å². The van der Waals surface area contributed by atoms with Crippen LogP contribution in [0.3, 0.4) is 0 Å². The van der Waals surface area contributed by atoms with E-state index in [0.717, 1.165) is 0 Å². The number of benzene rings is 2. The predicted molar refractivity (Wildman–Crippen MR) is 147 cm³/mol. The summed E-state index contributed by atoms with van der Waals surface area (Å²) in [6.45, 7) is 1.92. The maximum atomic E-state index is 13.0. The number of carbonyl (C=O) groups is 4. The summed E-state index contributed by atoms with van der Waals surface area (Å²) in [7, 11) is -3.66. The van der Waals surface area contributed by atoms with E-state index in [2.05, 4.69) is 5.32 Å². The SMILES string of the molecule is O=C(CCCCCNC(=O)C(CC(=O)N1CCOCC1)CS(=O)(=O)Cc1ccccc1)C(=O)c1ccccc1. The van der Waals surface area contributed by atoms with Gasteiger partial charge in [-0.1, -0.05) is 67.1 Å². The predicted octanol–water partition coefficient (Wildman–Crippen LogP) is 2.60. The molecule has 1 N–H and O–H groups in total. The molecule has 0 aliphatic carbocycles. The summed E-state index contributed by atoms with van der Waals surface area (Å²) in [5.74, 6) is -3.36. The number of hydrogen-bond donors (Lipinski definition) is 1. The van der Waals surface area contributed by atoms with Crippen molar-refractivity contribution in [2.45, 2.75) is 37.9 Å². The third-order valence-electron chi connectivity index (χ3n) is 6.51. The first-order valence-corrected chi connectivity index (χ1v) is 15.1. The lowest BCUT2D eigenvalue weighted by Gasteiger charge is -2.28. The number of rotatable bonds is 15. The van der Waals surface area contributed by atoms with Gasteiger partial charge < -0.3 is 15.0 Å². The van der Waals surface area contributed by atoms with Crippen LogP contribution < -0.4 is 5.32 Å². The first kappa shape index (κ1) is 30.2. The number of nitrogens with one attached hydrogen (secondary N) is 1. The highest BCUT2D eigenvalue weighted by molar-refractivity contribution is 7.90. The van der Waals surface area contributed by atoms with Gasteiger partial charge in [0.05, 0.1) is 30.6 Å². The van der Waals surface area contributed by atoms with Crippen molar-refractivity contribution in [1.82, 2.24) is 10.2 Å². The molecule has 1 aliphatic rings. The summed E-state index contributed by atoms with van der Waals surface area (Å²) in [6.07, 6.45) is 1.58. The molecule has 0 aromatic heterocycles. The van der Waals surface area contributed by atoms with Gasteiger partial charge in [0, 0.05) is 38.0 Å². The Hall–Kier alpha value is -3.37. The number of ether oxygens (including phenoxy) is 1. The fraction of sp³-hybridized carbons (Fsp3) is 0.448. The zero-order valence-corrected chi connectivity index (χ0v) is 22.9. The lowest BCUT2D eigenvalue weighted by atomic mass is 10.0. The topological polar surface area (TPSA) is 127 Å². The van der Waals surface area contributed by atoms with Crippen molar-refractivity contribution in [3.63, 3.8) is 0 Å². The van der Waals surface area contributed by atoms with Gasteiger partial charge in [0.15, 0.2) is 9.84 Å². The normalized spacial score (nSPS) is 14.4. The average molecular weight is 557 g/mol. The second-order valence-electron chi connectivity index (χ2n) is 9.65. The quantitative estimate of drug-likeness (QED) is 0.203. The lowest BCUT2D eigenvalue weighted by molar-refractivity contribution is -0.139. The summed E-state index contributed by atoms with van der Waals surface area (Å²) in [5, 5.41) is 2.76. The van der Waals surface area contributed by atoms with E-state index in [1.54, 1.807) is 65.6 Å². The van der Waals surface area contributed by atoms with E-state index >= 15 is 0 Å². The fourth-order valence-electron chi connectivity index (χ4n) is 4.38. The second kappa shape index (κ2) is 15.3. The van der Waals surface area contributed by atoms with Crippen LogP contribution in [0, 0.1) is 5.92 Å². The third-order valence-corrected chi connectivity index (χ3v) is 8.19. The summed E-state index contributed by atoms with van der Waals surface area (Å²) >= 11 is 0. The molecule has 1 heterocycles. The molecular weight excluding hydrogens is 520 g/mol. The van der Waals surface area contributed by atoms with E-state index in [0.29, 0.717) is 56.7 Å². The standard InChI is InChI=1S/C29H36N2O7S/c32-26(28(34)24-12-6-2-7-13-24)14-8-3-9-15-30-29(35)25(20-27(33)31-16-18-38-19-17-31)22-39(36,37)21-23-10-4-1-5-11-23/h1-2,4-7,10-13,25H,3,8-9,14-22H2,(H,30,35). The fourth-order valence-corrected chi connectivity index (χ4v) is 6.08. The number of morpholine rings is 1. The maximum absolute atomic E-state index is 13.0. The molecule has 9 nitrogen and oxygen atoms in total. The molecule has 1 aliphatic heterocycles. The van der Waals surface area contributed by atoms with Crippen LogP contribution >= 0.6 is 0 Å². The number of hydrogen-bond acceptors (Lipinski definition) is 7. The molecule has 3 rings (SSSR count). The minimum atomic E-state index is -3.66. The molecule has 0 bridgehead atoms. The van der Waals surface area contributed by atoms with Gasteiger partial charge in [-0.05, 0) is 18.4 Å². The Kier molecular flexibility index (Phi) is 11.8. The van der Waals surface area contributed by atoms with Crippen molar-refractivity contribution >= 4 is 33.2 Å². The van der Waals surface area contributed by atoms with Crippen LogP contribution in [-0.2, 0) is 34.7 Å². The molecule has 1 saturated heterocycles. The van der Waals surface area contributed by atoms with Gasteiger partial charge in [0.25, 0.3) is 0 Å². The van der Waals surface area contributed by atoms with Gasteiger partial charge in [-0.15, -0.1) is 0 Å². The number of ketones is 2. The average Bonchev–Trinajstić information content (AvgIpc) is 2.94. The van der Waals surface area contributed by atoms with Crippen LogP contribution in [0.25, 0.3) is 0 Å². The Bertz CT molecular complexity index is 1210. The monoisotopic (exact) mass is 556 g/mol. The molecule has 1 unspecified atom stereocenters. The molecule has 0 radical (unpaired) electrons. The summed E-state index contributed by atoms with van der Waals surface area (Å²) in [6, 6.07) is 17.1. The smallest absolute Gasteiger partial charge is 0.228 e. The maximum Gasteiger partial charge on any atom is 0.228 e. The van der Waals surface area contributed by atoms with Gasteiger partial charge in [-0.25, -0.2) is 8.42 Å². The number of nitrogens with zero attached hydrogens (tertiary/aromatic N) is 1. The highest BCUT2D eigenvalue weighted by Gasteiger charge is 2.30. The Labute approximate surface area is 229 Å². The summed E-state index contributed by atoms with van der Waals surface area (Å²) in [5.41, 5.74) is 0.992. The van der Waals surface area contributed by atoms with E-state index in [1.807, 2.05) is 0 Å². The Balaban J connectivity index is 1.49. The van der Waals surface area contributed by atoms with Gasteiger partial charge >= 0.3 is 0 Å². The van der Waals surface area contributed by atoms with Gasteiger partial charge in [0.2, 0.25) is 23.4 Å². The highest BCUT2D eigenvalue weighted by atomic mass is 32.2. The van der Waals surface area contributed by atoms with Crippen LogP contribution in [0.5, 0.6) is 0 Å². The molecule has 2 aromatic rings. The molecule has 2 aromatic carbocycles. The zero-order chi connectivity index (χ0) is 28.1. The molecule has 0 saturated carbocycles.